The molecule has 0 bridgehead atoms. The van der Waals surface area contributed by atoms with Gasteiger partial charge in [0.15, 0.2) is 0 Å². The number of hydrogen-bond acceptors (Lipinski definition) is 3. The lowest BCUT2D eigenvalue weighted by Gasteiger charge is -2.34. The molecule has 15 heavy (non-hydrogen) atoms. The van der Waals surface area contributed by atoms with Gasteiger partial charge in [0.05, 0.1) is 5.92 Å². The minimum atomic E-state index is 0.199. The quantitative estimate of drug-likeness (QED) is 0.607. The molecule has 2 unspecified atom stereocenters. The van der Waals surface area contributed by atoms with E-state index in [2.05, 4.69) is 10.6 Å². The predicted molar refractivity (Wildman–Crippen MR) is 59.3 cm³/mol. The predicted octanol–water partition coefficient (Wildman–Crippen LogP) is -0.160. The Morgan fingerprint density at radius 1 is 1.33 bits per heavy atom. The van der Waals surface area contributed by atoms with Gasteiger partial charge >= 0.3 is 0 Å². The molecule has 1 heterocycles. The number of carbonyl (C=O) groups is 1. The van der Waals surface area contributed by atoms with Crippen molar-refractivity contribution in [1.29, 1.82) is 0 Å². The fourth-order valence-electron chi connectivity index (χ4n) is 2.45. The van der Waals surface area contributed by atoms with Crippen molar-refractivity contribution in [3.05, 3.63) is 0 Å². The van der Waals surface area contributed by atoms with E-state index in [1.807, 2.05) is 0 Å². The molecule has 1 saturated carbocycles. The summed E-state index contributed by atoms with van der Waals surface area (Å²) in [5, 5.41) is 6.28. The van der Waals surface area contributed by atoms with Gasteiger partial charge < -0.3 is 16.4 Å². The molecule has 86 valence electrons. The number of hydrogen-bond donors (Lipinski definition) is 3. The molecule has 0 aromatic rings. The summed E-state index contributed by atoms with van der Waals surface area (Å²) < 4.78 is 0. The van der Waals surface area contributed by atoms with Crippen molar-refractivity contribution in [2.45, 2.75) is 31.7 Å². The Kier molecular flexibility index (Phi) is 3.59. The van der Waals surface area contributed by atoms with Gasteiger partial charge in [-0.1, -0.05) is 12.8 Å². The van der Waals surface area contributed by atoms with Gasteiger partial charge in [0.25, 0.3) is 0 Å². The topological polar surface area (TPSA) is 67.1 Å². The Bertz CT molecular complexity index is 228. The molecule has 2 aliphatic rings. The Morgan fingerprint density at radius 3 is 2.67 bits per heavy atom. The van der Waals surface area contributed by atoms with Crippen LogP contribution in [-0.2, 0) is 4.79 Å². The van der Waals surface area contributed by atoms with Crippen molar-refractivity contribution in [2.75, 3.05) is 19.6 Å². The van der Waals surface area contributed by atoms with E-state index in [1.165, 1.54) is 19.3 Å². The lowest BCUT2D eigenvalue weighted by molar-refractivity contribution is -0.127. The van der Waals surface area contributed by atoms with Gasteiger partial charge in [0.2, 0.25) is 5.91 Å². The molecule has 1 saturated heterocycles. The smallest absolute Gasteiger partial charge is 0.225 e. The molecule has 4 nitrogen and oxygen atoms in total. The van der Waals surface area contributed by atoms with Crippen molar-refractivity contribution in [3.63, 3.8) is 0 Å². The van der Waals surface area contributed by atoms with Crippen molar-refractivity contribution in [2.24, 2.45) is 17.6 Å². The molecule has 4 N–H and O–H groups in total. The van der Waals surface area contributed by atoms with E-state index >= 15 is 0 Å². The standard InChI is InChI=1S/C11H21N3O/c12-5-8-3-1-2-4-10(8)14-11(15)9-6-13-7-9/h8-10,13H,1-7,12H2,(H,14,15). The minimum Gasteiger partial charge on any atom is -0.353 e. The van der Waals surface area contributed by atoms with Crippen molar-refractivity contribution in [3.8, 4) is 0 Å². The number of nitrogens with one attached hydrogen (secondary N) is 2. The van der Waals surface area contributed by atoms with Crippen LogP contribution in [0.4, 0.5) is 0 Å². The van der Waals surface area contributed by atoms with Crippen molar-refractivity contribution < 1.29 is 4.79 Å². The minimum absolute atomic E-state index is 0.199. The first-order valence-electron chi connectivity index (χ1n) is 6.02. The van der Waals surface area contributed by atoms with Crippen molar-refractivity contribution >= 4 is 5.91 Å². The van der Waals surface area contributed by atoms with Gasteiger partial charge in [-0.3, -0.25) is 4.79 Å². The van der Waals surface area contributed by atoms with E-state index in [0.717, 1.165) is 19.5 Å². The molecule has 2 rings (SSSR count). The first kappa shape index (κ1) is 10.9. The van der Waals surface area contributed by atoms with E-state index in [0.29, 0.717) is 18.5 Å². The van der Waals surface area contributed by atoms with Crippen LogP contribution >= 0.6 is 0 Å². The Morgan fingerprint density at radius 2 is 2.07 bits per heavy atom. The first-order valence-corrected chi connectivity index (χ1v) is 6.02. The largest absolute Gasteiger partial charge is 0.353 e. The molecular formula is C11H21N3O. The summed E-state index contributed by atoms with van der Waals surface area (Å²) in [6, 6.07) is 0.330. The maximum absolute atomic E-state index is 11.8. The third-order valence-electron chi connectivity index (χ3n) is 3.69. The van der Waals surface area contributed by atoms with Crippen LogP contribution < -0.4 is 16.4 Å². The number of amides is 1. The fourth-order valence-corrected chi connectivity index (χ4v) is 2.45. The van der Waals surface area contributed by atoms with Crippen LogP contribution in [0.25, 0.3) is 0 Å². The van der Waals surface area contributed by atoms with Crippen molar-refractivity contribution in [1.82, 2.24) is 10.6 Å². The average Bonchev–Trinajstić information content (AvgIpc) is 2.15. The summed E-state index contributed by atoms with van der Waals surface area (Å²) in [7, 11) is 0. The molecule has 1 amide bonds. The summed E-state index contributed by atoms with van der Waals surface area (Å²) in [5.41, 5.74) is 5.73. The molecule has 0 radical (unpaired) electrons. The molecule has 0 aromatic carbocycles. The van der Waals surface area contributed by atoms with Crippen LogP contribution in [0.15, 0.2) is 0 Å². The highest BCUT2D eigenvalue weighted by Gasteiger charge is 2.30. The van der Waals surface area contributed by atoms with Crippen LogP contribution in [0.2, 0.25) is 0 Å². The number of nitrogens with two attached hydrogens (primary N) is 1. The van der Waals surface area contributed by atoms with Gasteiger partial charge in [-0.05, 0) is 25.3 Å². The second kappa shape index (κ2) is 4.94. The zero-order chi connectivity index (χ0) is 10.7. The van der Waals surface area contributed by atoms with Gasteiger partial charge in [0.1, 0.15) is 0 Å². The van der Waals surface area contributed by atoms with Gasteiger partial charge in [-0.15, -0.1) is 0 Å². The Balaban J connectivity index is 1.82. The third-order valence-corrected chi connectivity index (χ3v) is 3.69. The van der Waals surface area contributed by atoms with E-state index in [1.54, 1.807) is 0 Å². The van der Waals surface area contributed by atoms with E-state index < -0.39 is 0 Å². The fraction of sp³-hybridized carbons (Fsp3) is 0.909. The van der Waals surface area contributed by atoms with E-state index in [9.17, 15) is 4.79 Å². The van der Waals surface area contributed by atoms with Crippen LogP contribution in [-0.4, -0.2) is 31.6 Å². The summed E-state index contributed by atoms with van der Waals surface area (Å²) >= 11 is 0. The highest BCUT2D eigenvalue weighted by Crippen LogP contribution is 2.23. The number of rotatable bonds is 3. The Hall–Kier alpha value is -0.610. The van der Waals surface area contributed by atoms with E-state index in [4.69, 9.17) is 5.73 Å². The molecule has 1 aliphatic heterocycles. The monoisotopic (exact) mass is 211 g/mol. The molecule has 0 aromatic heterocycles. The summed E-state index contributed by atoms with van der Waals surface area (Å²) in [5.74, 6) is 0.917. The molecule has 2 atom stereocenters. The van der Waals surface area contributed by atoms with Gasteiger partial charge in [-0.2, -0.15) is 0 Å². The van der Waals surface area contributed by atoms with Gasteiger partial charge in [0, 0.05) is 19.1 Å². The molecule has 1 aliphatic carbocycles. The zero-order valence-corrected chi connectivity index (χ0v) is 9.17. The third kappa shape index (κ3) is 2.49. The first-order chi connectivity index (χ1) is 7.31. The maximum atomic E-state index is 11.8. The summed E-state index contributed by atoms with van der Waals surface area (Å²) in [4.78, 5) is 11.8. The Labute approximate surface area is 91.0 Å². The van der Waals surface area contributed by atoms with Gasteiger partial charge in [-0.25, -0.2) is 0 Å². The lowest BCUT2D eigenvalue weighted by atomic mass is 9.84. The second-order valence-corrected chi connectivity index (χ2v) is 4.75. The highest BCUT2D eigenvalue weighted by atomic mass is 16.2. The highest BCUT2D eigenvalue weighted by molar-refractivity contribution is 5.80. The summed E-state index contributed by atoms with van der Waals surface area (Å²) in [6.45, 7) is 2.38. The molecule has 0 spiro atoms. The second-order valence-electron chi connectivity index (χ2n) is 4.75. The van der Waals surface area contributed by atoms with Crippen LogP contribution in [0.3, 0.4) is 0 Å². The normalized spacial score (nSPS) is 32.1. The lowest BCUT2D eigenvalue weighted by Crippen LogP contribution is -2.54. The van der Waals surface area contributed by atoms with Crippen LogP contribution in [0.1, 0.15) is 25.7 Å². The van der Waals surface area contributed by atoms with E-state index in [-0.39, 0.29) is 11.8 Å². The van der Waals surface area contributed by atoms with Crippen LogP contribution in [0.5, 0.6) is 0 Å². The van der Waals surface area contributed by atoms with Crippen LogP contribution in [0, 0.1) is 11.8 Å². The SMILES string of the molecule is NCC1CCCCC1NC(=O)C1CNC1. The molecule has 4 heteroatoms. The average molecular weight is 211 g/mol. The maximum Gasteiger partial charge on any atom is 0.225 e. The zero-order valence-electron chi connectivity index (χ0n) is 9.17. The summed E-state index contributed by atoms with van der Waals surface area (Å²) in [6.07, 6.45) is 4.77. The molecular weight excluding hydrogens is 190 g/mol. The molecule has 2 fully saturated rings. The number of carbonyl (C=O) groups excluding carboxylic acids is 1.